The van der Waals surface area contributed by atoms with Gasteiger partial charge in [0.1, 0.15) is 0 Å². The number of nitrogens with two attached hydrogens (primary N) is 1. The van der Waals surface area contributed by atoms with Gasteiger partial charge in [0.2, 0.25) is 11.8 Å². The number of rotatable bonds is 3. The minimum Gasteiger partial charge on any atom is -0.326 e. The summed E-state index contributed by atoms with van der Waals surface area (Å²) >= 11 is 0. The van der Waals surface area contributed by atoms with E-state index in [0.29, 0.717) is 13.0 Å². The maximum atomic E-state index is 12.5. The summed E-state index contributed by atoms with van der Waals surface area (Å²) < 4.78 is 0. The number of nitrogens with zero attached hydrogens (tertiary/aromatic N) is 1. The first-order valence-corrected chi connectivity index (χ1v) is 7.07. The van der Waals surface area contributed by atoms with Gasteiger partial charge in [-0.2, -0.15) is 0 Å². The summed E-state index contributed by atoms with van der Waals surface area (Å²) in [7, 11) is 0. The van der Waals surface area contributed by atoms with E-state index in [1.165, 1.54) is 11.3 Å². The first-order valence-electron chi connectivity index (χ1n) is 7.07. The molecule has 1 saturated carbocycles. The van der Waals surface area contributed by atoms with Gasteiger partial charge < -0.3 is 5.73 Å². The molecular formula is C14H24N2O2. The Kier molecular flexibility index (Phi) is 3.76. The van der Waals surface area contributed by atoms with Crippen LogP contribution in [-0.4, -0.2) is 29.3 Å². The van der Waals surface area contributed by atoms with E-state index < -0.39 is 0 Å². The molecule has 18 heavy (non-hydrogen) atoms. The molecule has 0 bridgehead atoms. The van der Waals surface area contributed by atoms with Crippen LogP contribution in [0, 0.1) is 11.3 Å². The predicted octanol–water partition coefficient (Wildman–Crippen LogP) is 1.68. The van der Waals surface area contributed by atoms with Crippen LogP contribution < -0.4 is 5.73 Å². The van der Waals surface area contributed by atoms with Crippen molar-refractivity contribution < 1.29 is 9.59 Å². The van der Waals surface area contributed by atoms with Crippen molar-refractivity contribution in [1.82, 2.24) is 4.90 Å². The van der Waals surface area contributed by atoms with E-state index in [0.717, 1.165) is 25.7 Å². The van der Waals surface area contributed by atoms with Gasteiger partial charge in [-0.25, -0.2) is 0 Å². The Morgan fingerprint density at radius 3 is 2.39 bits per heavy atom. The summed E-state index contributed by atoms with van der Waals surface area (Å²) in [5.41, 5.74) is 5.62. The van der Waals surface area contributed by atoms with Crippen LogP contribution in [0.5, 0.6) is 0 Å². The molecule has 0 radical (unpaired) electrons. The molecule has 1 aliphatic heterocycles. The summed E-state index contributed by atoms with van der Waals surface area (Å²) in [5.74, 6) is 0.315. The van der Waals surface area contributed by atoms with E-state index in [-0.39, 0.29) is 29.2 Å². The Bertz CT molecular complexity index is 346. The highest BCUT2D eigenvalue weighted by atomic mass is 16.2. The first kappa shape index (κ1) is 13.5. The van der Waals surface area contributed by atoms with Crippen LogP contribution >= 0.6 is 0 Å². The molecule has 0 aromatic carbocycles. The van der Waals surface area contributed by atoms with Crippen molar-refractivity contribution in [2.75, 3.05) is 6.54 Å². The monoisotopic (exact) mass is 252 g/mol. The summed E-state index contributed by atoms with van der Waals surface area (Å²) in [6.45, 7) is 4.43. The smallest absolute Gasteiger partial charge is 0.235 e. The third-order valence-electron chi connectivity index (χ3n) is 4.55. The fourth-order valence-corrected chi connectivity index (χ4v) is 3.09. The molecule has 0 aromatic rings. The molecular weight excluding hydrogens is 228 g/mol. The van der Waals surface area contributed by atoms with E-state index >= 15 is 0 Å². The molecule has 102 valence electrons. The molecule has 1 spiro atoms. The van der Waals surface area contributed by atoms with E-state index in [4.69, 9.17) is 5.73 Å². The molecule has 2 amide bonds. The lowest BCUT2D eigenvalue weighted by Gasteiger charge is -2.31. The average Bonchev–Trinajstić information content (AvgIpc) is 2.55. The van der Waals surface area contributed by atoms with Gasteiger partial charge in [0.25, 0.3) is 0 Å². The van der Waals surface area contributed by atoms with Crippen molar-refractivity contribution in [1.29, 1.82) is 0 Å². The lowest BCUT2D eigenvalue weighted by atomic mass is 9.73. The molecule has 1 aliphatic carbocycles. The molecule has 4 nitrogen and oxygen atoms in total. The van der Waals surface area contributed by atoms with Crippen LogP contribution in [0.4, 0.5) is 0 Å². The molecule has 1 unspecified atom stereocenters. The number of hydrogen-bond donors (Lipinski definition) is 1. The van der Waals surface area contributed by atoms with E-state index in [2.05, 4.69) is 0 Å². The van der Waals surface area contributed by atoms with Crippen LogP contribution in [-0.2, 0) is 9.59 Å². The zero-order chi connectivity index (χ0) is 13.3. The fourth-order valence-electron chi connectivity index (χ4n) is 3.09. The number of likely N-dealkylation sites (tertiary alicyclic amines) is 1. The van der Waals surface area contributed by atoms with Gasteiger partial charge in [-0.05, 0) is 18.8 Å². The minimum absolute atomic E-state index is 0.0157. The summed E-state index contributed by atoms with van der Waals surface area (Å²) in [5, 5.41) is 0. The number of carbonyl (C=O) groups is 2. The molecule has 2 fully saturated rings. The number of hydrogen-bond acceptors (Lipinski definition) is 3. The van der Waals surface area contributed by atoms with Crippen molar-refractivity contribution in [3.8, 4) is 0 Å². The van der Waals surface area contributed by atoms with Gasteiger partial charge in [-0.15, -0.1) is 0 Å². The van der Waals surface area contributed by atoms with Crippen LogP contribution in [0.25, 0.3) is 0 Å². The van der Waals surface area contributed by atoms with E-state index in [1.807, 2.05) is 13.8 Å². The van der Waals surface area contributed by atoms with Crippen molar-refractivity contribution >= 4 is 11.8 Å². The molecule has 1 saturated heterocycles. The van der Waals surface area contributed by atoms with Crippen molar-refractivity contribution in [2.24, 2.45) is 17.1 Å². The predicted molar refractivity (Wildman–Crippen MR) is 69.7 cm³/mol. The second-order valence-corrected chi connectivity index (χ2v) is 6.24. The standard InChI is InChI=1S/C14H24N2O2/c1-10(2)11(15)9-16-12(17)8-14(13(16)18)6-4-3-5-7-14/h10-11H,3-9,15H2,1-2H3. The van der Waals surface area contributed by atoms with Gasteiger partial charge in [-0.3, -0.25) is 14.5 Å². The van der Waals surface area contributed by atoms with Gasteiger partial charge in [0.05, 0.1) is 5.41 Å². The van der Waals surface area contributed by atoms with Gasteiger partial charge in [0, 0.05) is 19.0 Å². The SMILES string of the molecule is CC(C)C(N)CN1C(=O)CC2(CCCCC2)C1=O. The molecule has 1 atom stereocenters. The minimum atomic E-state index is -0.369. The highest BCUT2D eigenvalue weighted by molar-refractivity contribution is 6.06. The average molecular weight is 252 g/mol. The fraction of sp³-hybridized carbons (Fsp3) is 0.857. The Morgan fingerprint density at radius 1 is 1.22 bits per heavy atom. The zero-order valence-electron chi connectivity index (χ0n) is 11.4. The second-order valence-electron chi connectivity index (χ2n) is 6.24. The highest BCUT2D eigenvalue weighted by Gasteiger charge is 2.51. The van der Waals surface area contributed by atoms with Crippen LogP contribution in [0.2, 0.25) is 0 Å². The summed E-state index contributed by atoms with van der Waals surface area (Å²) in [6.07, 6.45) is 5.51. The van der Waals surface area contributed by atoms with Gasteiger partial charge >= 0.3 is 0 Å². The van der Waals surface area contributed by atoms with Gasteiger partial charge in [0.15, 0.2) is 0 Å². The van der Waals surface area contributed by atoms with Crippen molar-refractivity contribution in [3.63, 3.8) is 0 Å². The number of carbonyl (C=O) groups excluding carboxylic acids is 2. The molecule has 4 heteroatoms. The molecule has 2 rings (SSSR count). The summed E-state index contributed by atoms with van der Waals surface area (Å²) in [6, 6.07) is -0.114. The Balaban J connectivity index is 2.09. The topological polar surface area (TPSA) is 63.4 Å². The Morgan fingerprint density at radius 2 is 1.83 bits per heavy atom. The Labute approximate surface area is 109 Å². The quantitative estimate of drug-likeness (QED) is 0.777. The molecule has 2 N–H and O–H groups in total. The first-order chi connectivity index (χ1) is 8.46. The van der Waals surface area contributed by atoms with Crippen LogP contribution in [0.15, 0.2) is 0 Å². The highest BCUT2D eigenvalue weighted by Crippen LogP contribution is 2.45. The van der Waals surface area contributed by atoms with E-state index in [9.17, 15) is 9.59 Å². The zero-order valence-corrected chi connectivity index (χ0v) is 11.4. The number of imide groups is 1. The molecule has 0 aromatic heterocycles. The third-order valence-corrected chi connectivity index (χ3v) is 4.55. The second kappa shape index (κ2) is 5.00. The van der Waals surface area contributed by atoms with Crippen LogP contribution in [0.3, 0.4) is 0 Å². The lowest BCUT2D eigenvalue weighted by molar-refractivity contribution is -0.142. The normalized spacial score (nSPS) is 25.2. The third kappa shape index (κ3) is 2.30. The maximum absolute atomic E-state index is 12.5. The van der Waals surface area contributed by atoms with Crippen molar-refractivity contribution in [2.45, 2.75) is 58.4 Å². The van der Waals surface area contributed by atoms with Crippen molar-refractivity contribution in [3.05, 3.63) is 0 Å². The lowest BCUT2D eigenvalue weighted by Crippen LogP contribution is -2.45. The summed E-state index contributed by atoms with van der Waals surface area (Å²) in [4.78, 5) is 26.0. The maximum Gasteiger partial charge on any atom is 0.235 e. The number of amides is 2. The largest absolute Gasteiger partial charge is 0.326 e. The molecule has 1 heterocycles. The van der Waals surface area contributed by atoms with Crippen LogP contribution in [0.1, 0.15) is 52.4 Å². The van der Waals surface area contributed by atoms with Gasteiger partial charge in [-0.1, -0.05) is 33.1 Å². The molecule has 2 aliphatic rings. The van der Waals surface area contributed by atoms with E-state index in [1.54, 1.807) is 0 Å². The Hall–Kier alpha value is -0.900.